The Balaban J connectivity index is 1.58. The molecule has 1 aromatic carbocycles. The number of rotatable bonds is 5. The van der Waals surface area contributed by atoms with Crippen molar-refractivity contribution in [2.24, 2.45) is 0 Å². The summed E-state index contributed by atoms with van der Waals surface area (Å²) in [6.07, 6.45) is 3.42. The van der Waals surface area contributed by atoms with Crippen molar-refractivity contribution in [2.45, 2.75) is 32.2 Å². The van der Waals surface area contributed by atoms with Crippen molar-refractivity contribution in [3.05, 3.63) is 41.7 Å². The minimum absolute atomic E-state index is 0.103. The number of anilines is 2. The fourth-order valence-electron chi connectivity index (χ4n) is 4.61. The Morgan fingerprint density at radius 1 is 0.971 bits per heavy atom. The first-order chi connectivity index (χ1) is 16.4. The molecule has 0 unspecified atom stereocenters. The Hall–Kier alpha value is -3.36. The number of likely N-dealkylation sites (N-methyl/N-ethyl adjacent to an activating group) is 1. The summed E-state index contributed by atoms with van der Waals surface area (Å²) in [7, 11) is 5.08. The molecule has 0 bridgehead atoms. The molecule has 182 valence electrons. The van der Waals surface area contributed by atoms with Crippen LogP contribution in [-0.2, 0) is 4.79 Å². The number of amides is 2. The lowest BCUT2D eigenvalue weighted by molar-refractivity contribution is -0.133. The maximum Gasteiger partial charge on any atom is 0.273 e. The Morgan fingerprint density at radius 3 is 2.32 bits per heavy atom. The van der Waals surface area contributed by atoms with Gasteiger partial charge >= 0.3 is 0 Å². The van der Waals surface area contributed by atoms with E-state index in [2.05, 4.69) is 19.8 Å². The lowest BCUT2D eigenvalue weighted by Gasteiger charge is -2.42. The number of piperidine rings is 1. The molecule has 0 radical (unpaired) electrons. The molecule has 2 aliphatic rings. The molecule has 0 saturated carbocycles. The van der Waals surface area contributed by atoms with Gasteiger partial charge < -0.3 is 24.3 Å². The molecular weight excluding hydrogens is 432 g/mol. The summed E-state index contributed by atoms with van der Waals surface area (Å²) in [5, 5.41) is 0. The number of aryl methyl sites for hydroxylation is 1. The van der Waals surface area contributed by atoms with E-state index in [1.165, 1.54) is 6.42 Å². The molecular formula is C25H34N6O3. The molecule has 2 aliphatic heterocycles. The highest BCUT2D eigenvalue weighted by molar-refractivity contribution is 5.97. The molecule has 1 atom stereocenters. The van der Waals surface area contributed by atoms with Crippen LogP contribution in [-0.4, -0.2) is 91.6 Å². The third-order valence-corrected chi connectivity index (χ3v) is 6.51. The second-order valence-corrected chi connectivity index (χ2v) is 9.13. The smallest absolute Gasteiger partial charge is 0.273 e. The van der Waals surface area contributed by atoms with E-state index in [0.717, 1.165) is 43.1 Å². The molecule has 9 nitrogen and oxygen atoms in total. The lowest BCUT2D eigenvalue weighted by atomic mass is 10.1. The first kappa shape index (κ1) is 23.8. The SMILES string of the molecule is COc1ccc(N2CCN(C(=O)c3cc(C)nc(N4CCCCC4)n3)[C@@H](C(=O)N(C)C)C2)cc1. The molecule has 2 saturated heterocycles. The molecule has 0 N–H and O–H groups in total. The molecule has 2 amide bonds. The first-order valence-corrected chi connectivity index (χ1v) is 11.9. The predicted molar refractivity (Wildman–Crippen MR) is 132 cm³/mol. The first-order valence-electron chi connectivity index (χ1n) is 11.9. The predicted octanol–water partition coefficient (Wildman–Crippen LogP) is 2.20. The van der Waals surface area contributed by atoms with E-state index < -0.39 is 6.04 Å². The van der Waals surface area contributed by atoms with Gasteiger partial charge in [0.1, 0.15) is 17.5 Å². The molecule has 1 aromatic heterocycles. The molecule has 3 heterocycles. The van der Waals surface area contributed by atoms with Gasteiger partial charge in [0.05, 0.1) is 7.11 Å². The zero-order valence-corrected chi connectivity index (χ0v) is 20.5. The quantitative estimate of drug-likeness (QED) is 0.668. The summed E-state index contributed by atoms with van der Waals surface area (Å²) < 4.78 is 5.26. The summed E-state index contributed by atoms with van der Waals surface area (Å²) in [6, 6.07) is 8.89. The van der Waals surface area contributed by atoms with Gasteiger partial charge in [-0.1, -0.05) is 0 Å². The van der Waals surface area contributed by atoms with Crippen LogP contribution in [0.5, 0.6) is 5.75 Å². The molecule has 34 heavy (non-hydrogen) atoms. The topological polar surface area (TPSA) is 82.1 Å². The number of nitrogens with zero attached hydrogens (tertiary/aromatic N) is 6. The Kier molecular flexibility index (Phi) is 7.19. The van der Waals surface area contributed by atoms with Crippen LogP contribution in [0.15, 0.2) is 30.3 Å². The van der Waals surface area contributed by atoms with Crippen LogP contribution in [0.3, 0.4) is 0 Å². The van der Waals surface area contributed by atoms with Crippen LogP contribution in [0.1, 0.15) is 35.4 Å². The van der Waals surface area contributed by atoms with Crippen molar-refractivity contribution in [1.82, 2.24) is 19.8 Å². The third kappa shape index (κ3) is 5.08. The lowest BCUT2D eigenvalue weighted by Crippen LogP contribution is -2.60. The van der Waals surface area contributed by atoms with Gasteiger partial charge in [-0.05, 0) is 56.5 Å². The zero-order chi connectivity index (χ0) is 24.2. The number of ether oxygens (including phenoxy) is 1. The maximum atomic E-state index is 13.7. The van der Waals surface area contributed by atoms with Crippen molar-refractivity contribution in [3.63, 3.8) is 0 Å². The molecule has 0 spiro atoms. The number of aromatic nitrogens is 2. The van der Waals surface area contributed by atoms with E-state index in [1.807, 2.05) is 31.2 Å². The van der Waals surface area contributed by atoms with Gasteiger partial charge in [0.2, 0.25) is 11.9 Å². The van der Waals surface area contributed by atoms with Gasteiger partial charge in [0, 0.05) is 58.2 Å². The number of carbonyl (C=O) groups is 2. The van der Waals surface area contributed by atoms with Crippen LogP contribution in [0, 0.1) is 6.92 Å². The molecule has 9 heteroatoms. The number of piperazine rings is 1. The van der Waals surface area contributed by atoms with E-state index in [9.17, 15) is 9.59 Å². The minimum atomic E-state index is -0.605. The summed E-state index contributed by atoms with van der Waals surface area (Å²) >= 11 is 0. The van der Waals surface area contributed by atoms with Crippen LogP contribution >= 0.6 is 0 Å². The second kappa shape index (κ2) is 10.3. The van der Waals surface area contributed by atoms with Crippen molar-refractivity contribution in [2.75, 3.05) is 63.7 Å². The van der Waals surface area contributed by atoms with Crippen molar-refractivity contribution < 1.29 is 14.3 Å². The third-order valence-electron chi connectivity index (χ3n) is 6.51. The van der Waals surface area contributed by atoms with Gasteiger partial charge in [-0.3, -0.25) is 9.59 Å². The van der Waals surface area contributed by atoms with Crippen molar-refractivity contribution in [3.8, 4) is 5.75 Å². The zero-order valence-electron chi connectivity index (χ0n) is 20.5. The Bertz CT molecular complexity index is 1020. The molecule has 2 aromatic rings. The van der Waals surface area contributed by atoms with Gasteiger partial charge in [0.25, 0.3) is 5.91 Å². The van der Waals surface area contributed by atoms with Crippen molar-refractivity contribution in [1.29, 1.82) is 0 Å². The van der Waals surface area contributed by atoms with E-state index >= 15 is 0 Å². The Morgan fingerprint density at radius 2 is 1.68 bits per heavy atom. The second-order valence-electron chi connectivity index (χ2n) is 9.13. The van der Waals surface area contributed by atoms with Gasteiger partial charge in [0.15, 0.2) is 0 Å². The fraction of sp³-hybridized carbons (Fsp3) is 0.520. The number of carbonyl (C=O) groups excluding carboxylic acids is 2. The van der Waals surface area contributed by atoms with Crippen LogP contribution in [0.2, 0.25) is 0 Å². The number of hydrogen-bond acceptors (Lipinski definition) is 7. The van der Waals surface area contributed by atoms with Crippen LogP contribution < -0.4 is 14.5 Å². The molecule has 4 rings (SSSR count). The summed E-state index contributed by atoms with van der Waals surface area (Å²) in [5.41, 5.74) is 2.10. The van der Waals surface area contributed by atoms with E-state index in [-0.39, 0.29) is 11.8 Å². The van der Waals surface area contributed by atoms with Crippen molar-refractivity contribution >= 4 is 23.5 Å². The van der Waals surface area contributed by atoms with E-state index in [4.69, 9.17) is 4.74 Å². The Labute approximate surface area is 201 Å². The minimum Gasteiger partial charge on any atom is -0.497 e. The number of hydrogen-bond donors (Lipinski definition) is 0. The highest BCUT2D eigenvalue weighted by Gasteiger charge is 2.37. The summed E-state index contributed by atoms with van der Waals surface area (Å²) in [5.74, 6) is 1.06. The fourth-order valence-corrected chi connectivity index (χ4v) is 4.61. The average Bonchev–Trinajstić information content (AvgIpc) is 2.87. The van der Waals surface area contributed by atoms with Gasteiger partial charge in [-0.2, -0.15) is 0 Å². The summed E-state index contributed by atoms with van der Waals surface area (Å²) in [6.45, 7) is 5.16. The number of methoxy groups -OCH3 is 1. The van der Waals surface area contributed by atoms with Crippen LogP contribution in [0.4, 0.5) is 11.6 Å². The van der Waals surface area contributed by atoms with Gasteiger partial charge in [-0.15, -0.1) is 0 Å². The average molecular weight is 467 g/mol. The largest absolute Gasteiger partial charge is 0.497 e. The van der Waals surface area contributed by atoms with E-state index in [1.54, 1.807) is 37.1 Å². The van der Waals surface area contributed by atoms with E-state index in [0.29, 0.717) is 31.3 Å². The number of benzene rings is 1. The monoisotopic (exact) mass is 466 g/mol. The molecule has 0 aliphatic carbocycles. The summed E-state index contributed by atoms with van der Waals surface area (Å²) in [4.78, 5) is 43.5. The molecule has 2 fully saturated rings. The normalized spacial score (nSPS) is 18.6. The van der Waals surface area contributed by atoms with Crippen LogP contribution in [0.25, 0.3) is 0 Å². The van der Waals surface area contributed by atoms with Gasteiger partial charge in [-0.25, -0.2) is 9.97 Å². The standard InChI is InChI=1S/C25H34N6O3/c1-18-16-21(27-25(26-18)29-12-6-5-7-13-29)23(32)31-15-14-30(17-22(31)24(33)28(2)3)19-8-10-20(34-4)11-9-19/h8-11,16,22H,5-7,12-15,17H2,1-4H3/t22-/m1/s1. The maximum absolute atomic E-state index is 13.7. The highest BCUT2D eigenvalue weighted by Crippen LogP contribution is 2.24. The highest BCUT2D eigenvalue weighted by atomic mass is 16.5.